The zero-order chi connectivity index (χ0) is 13.8. The van der Waals surface area contributed by atoms with E-state index in [9.17, 15) is 9.59 Å². The Balaban J connectivity index is 1.90. The van der Waals surface area contributed by atoms with Gasteiger partial charge in [-0.2, -0.15) is 0 Å². The van der Waals surface area contributed by atoms with E-state index in [4.69, 9.17) is 14.6 Å². The maximum Gasteiger partial charge on any atom is 0.506 e. The van der Waals surface area contributed by atoms with Gasteiger partial charge in [-0.15, -0.1) is 0 Å². The molecule has 4 unspecified atom stereocenters. The first kappa shape index (κ1) is 14.3. The van der Waals surface area contributed by atoms with Gasteiger partial charge in [0.25, 0.3) is 0 Å². The molecule has 1 N–H and O–H groups in total. The second-order valence-electron chi connectivity index (χ2n) is 5.57. The number of ketones is 1. The molecule has 0 bridgehead atoms. The molecule has 5 nitrogen and oxygen atoms in total. The van der Waals surface area contributed by atoms with Gasteiger partial charge >= 0.3 is 6.16 Å². The Labute approximate surface area is 113 Å². The number of fused-ring (bicyclic) bond motifs is 1. The largest absolute Gasteiger partial charge is 0.506 e. The molecule has 0 heterocycles. The van der Waals surface area contributed by atoms with Crippen molar-refractivity contribution >= 4 is 11.9 Å². The van der Waals surface area contributed by atoms with Crippen LogP contribution in [0.2, 0.25) is 0 Å². The first-order valence-corrected chi connectivity index (χ1v) is 7.14. The van der Waals surface area contributed by atoms with E-state index in [-0.39, 0.29) is 23.7 Å². The topological polar surface area (TPSA) is 72.8 Å². The average Bonchev–Trinajstić information content (AvgIpc) is 2.83. The molecule has 0 radical (unpaired) electrons. The lowest BCUT2D eigenvalue weighted by atomic mass is 9.99. The van der Waals surface area contributed by atoms with Gasteiger partial charge in [-0.25, -0.2) is 4.79 Å². The predicted molar refractivity (Wildman–Crippen MR) is 68.0 cm³/mol. The Morgan fingerprint density at radius 3 is 2.84 bits per heavy atom. The smallest absolute Gasteiger partial charge is 0.450 e. The molecule has 0 aliphatic heterocycles. The monoisotopic (exact) mass is 270 g/mol. The van der Waals surface area contributed by atoms with Gasteiger partial charge < -0.3 is 14.6 Å². The fraction of sp³-hybridized carbons (Fsp3) is 0.857. The standard InChI is InChI=1S/C14H22O5/c1-2-3-4-5-18-12-7-9-6-10(15)8-11(9)13(12)19-14(16)17/h9,11-13H,2-8H2,1H3,(H,16,17). The maximum atomic E-state index is 11.5. The molecule has 5 heteroatoms. The van der Waals surface area contributed by atoms with Gasteiger partial charge in [0.1, 0.15) is 11.9 Å². The summed E-state index contributed by atoms with van der Waals surface area (Å²) in [5, 5.41) is 8.82. The molecular formula is C14H22O5. The minimum absolute atomic E-state index is 0.0276. The molecular weight excluding hydrogens is 248 g/mol. The summed E-state index contributed by atoms with van der Waals surface area (Å²) in [6.45, 7) is 2.77. The van der Waals surface area contributed by atoms with Crippen molar-refractivity contribution in [3.8, 4) is 0 Å². The molecule has 0 saturated heterocycles. The molecule has 19 heavy (non-hydrogen) atoms. The Kier molecular flexibility index (Phi) is 4.80. The summed E-state index contributed by atoms with van der Waals surface area (Å²) in [6.07, 6.45) is 3.07. The second kappa shape index (κ2) is 6.37. The summed E-state index contributed by atoms with van der Waals surface area (Å²) in [6, 6.07) is 0. The van der Waals surface area contributed by atoms with E-state index >= 15 is 0 Å². The quantitative estimate of drug-likeness (QED) is 0.593. The van der Waals surface area contributed by atoms with Gasteiger partial charge in [0, 0.05) is 25.4 Å². The van der Waals surface area contributed by atoms with Crippen LogP contribution in [0.1, 0.15) is 45.4 Å². The lowest BCUT2D eigenvalue weighted by molar-refractivity contribution is -0.119. The van der Waals surface area contributed by atoms with Gasteiger partial charge in [0.15, 0.2) is 0 Å². The molecule has 2 aliphatic carbocycles. The van der Waals surface area contributed by atoms with Crippen LogP contribution in [-0.2, 0) is 14.3 Å². The molecule has 0 aromatic carbocycles. The highest BCUT2D eigenvalue weighted by atomic mass is 16.7. The molecule has 0 amide bonds. The number of hydrogen-bond acceptors (Lipinski definition) is 4. The summed E-state index contributed by atoms with van der Waals surface area (Å²) in [5.41, 5.74) is 0. The number of carbonyl (C=O) groups is 2. The number of unbranched alkanes of at least 4 members (excludes halogenated alkanes) is 2. The Morgan fingerprint density at radius 2 is 2.16 bits per heavy atom. The second-order valence-corrected chi connectivity index (χ2v) is 5.57. The first-order chi connectivity index (χ1) is 9.11. The van der Waals surface area contributed by atoms with Crippen molar-refractivity contribution in [3.63, 3.8) is 0 Å². The first-order valence-electron chi connectivity index (χ1n) is 7.14. The summed E-state index contributed by atoms with van der Waals surface area (Å²) in [7, 11) is 0. The summed E-state index contributed by atoms with van der Waals surface area (Å²) in [5.74, 6) is 0.492. The van der Waals surface area contributed by atoms with Crippen molar-refractivity contribution in [2.24, 2.45) is 11.8 Å². The molecule has 2 saturated carbocycles. The number of Topliss-reactive ketones (excluding diaryl/α,β-unsaturated/α-hetero) is 1. The molecule has 0 aromatic rings. The fourth-order valence-electron chi connectivity index (χ4n) is 3.34. The molecule has 0 aromatic heterocycles. The third kappa shape index (κ3) is 3.47. The van der Waals surface area contributed by atoms with Crippen LogP contribution in [0.3, 0.4) is 0 Å². The average molecular weight is 270 g/mol. The van der Waals surface area contributed by atoms with E-state index in [0.29, 0.717) is 19.4 Å². The fourth-order valence-corrected chi connectivity index (χ4v) is 3.34. The summed E-state index contributed by atoms with van der Waals surface area (Å²) in [4.78, 5) is 22.2. The number of hydrogen-bond donors (Lipinski definition) is 1. The lowest BCUT2D eigenvalue weighted by Gasteiger charge is -2.22. The zero-order valence-electron chi connectivity index (χ0n) is 11.3. The van der Waals surface area contributed by atoms with Gasteiger partial charge in [-0.3, -0.25) is 4.79 Å². The maximum absolute atomic E-state index is 11.5. The van der Waals surface area contributed by atoms with E-state index < -0.39 is 12.3 Å². The minimum Gasteiger partial charge on any atom is -0.450 e. The predicted octanol–water partition coefficient (Wildman–Crippen LogP) is 2.62. The Hall–Kier alpha value is -1.10. The Morgan fingerprint density at radius 1 is 1.37 bits per heavy atom. The molecule has 2 fully saturated rings. The van der Waals surface area contributed by atoms with E-state index in [0.717, 1.165) is 25.7 Å². The van der Waals surface area contributed by atoms with Crippen molar-refractivity contribution in [1.82, 2.24) is 0 Å². The van der Waals surface area contributed by atoms with Crippen LogP contribution in [0.4, 0.5) is 4.79 Å². The highest BCUT2D eigenvalue weighted by molar-refractivity contribution is 5.81. The SMILES string of the molecule is CCCCCOC1CC2CC(=O)CC2C1OC(=O)O. The van der Waals surface area contributed by atoms with Gasteiger partial charge in [-0.05, 0) is 18.8 Å². The normalized spacial score (nSPS) is 33.4. The van der Waals surface area contributed by atoms with Crippen molar-refractivity contribution < 1.29 is 24.2 Å². The molecule has 2 aliphatic rings. The number of carboxylic acid groups (broad SMARTS) is 1. The molecule has 0 spiro atoms. The van der Waals surface area contributed by atoms with E-state index in [1.165, 1.54) is 0 Å². The highest BCUT2D eigenvalue weighted by Crippen LogP contribution is 2.45. The summed E-state index contributed by atoms with van der Waals surface area (Å²) >= 11 is 0. The number of carbonyl (C=O) groups excluding carboxylic acids is 1. The van der Waals surface area contributed by atoms with Crippen molar-refractivity contribution in [2.45, 2.75) is 57.7 Å². The summed E-state index contributed by atoms with van der Waals surface area (Å²) < 4.78 is 10.8. The van der Waals surface area contributed by atoms with Crippen LogP contribution in [0, 0.1) is 11.8 Å². The van der Waals surface area contributed by atoms with Crippen LogP contribution in [0.15, 0.2) is 0 Å². The number of rotatable bonds is 6. The van der Waals surface area contributed by atoms with Gasteiger partial charge in [-0.1, -0.05) is 19.8 Å². The van der Waals surface area contributed by atoms with E-state index in [1.54, 1.807) is 0 Å². The van der Waals surface area contributed by atoms with Crippen molar-refractivity contribution in [2.75, 3.05) is 6.61 Å². The molecule has 4 atom stereocenters. The molecule has 2 rings (SSSR count). The van der Waals surface area contributed by atoms with E-state index in [2.05, 4.69) is 6.92 Å². The van der Waals surface area contributed by atoms with Crippen molar-refractivity contribution in [1.29, 1.82) is 0 Å². The van der Waals surface area contributed by atoms with Crippen LogP contribution in [0.5, 0.6) is 0 Å². The van der Waals surface area contributed by atoms with Crippen molar-refractivity contribution in [3.05, 3.63) is 0 Å². The van der Waals surface area contributed by atoms with Gasteiger partial charge in [0.2, 0.25) is 0 Å². The highest BCUT2D eigenvalue weighted by Gasteiger charge is 2.50. The molecule has 108 valence electrons. The minimum atomic E-state index is -1.27. The zero-order valence-corrected chi connectivity index (χ0v) is 11.3. The third-order valence-electron chi connectivity index (χ3n) is 4.20. The lowest BCUT2D eigenvalue weighted by Crippen LogP contribution is -2.33. The van der Waals surface area contributed by atoms with Crippen LogP contribution in [0.25, 0.3) is 0 Å². The van der Waals surface area contributed by atoms with E-state index in [1.807, 2.05) is 0 Å². The third-order valence-corrected chi connectivity index (χ3v) is 4.20. The number of ether oxygens (including phenoxy) is 2. The van der Waals surface area contributed by atoms with Crippen LogP contribution in [-0.4, -0.2) is 35.9 Å². The van der Waals surface area contributed by atoms with Crippen LogP contribution < -0.4 is 0 Å². The van der Waals surface area contributed by atoms with Crippen LogP contribution >= 0.6 is 0 Å². The Bertz CT molecular complexity index is 341. The van der Waals surface area contributed by atoms with Gasteiger partial charge in [0.05, 0.1) is 6.10 Å².